The standard InChI is InChI=1S/C18H19NO2/c1-2-17(20)14-8-9-15-11-19(12-16(15)10-14)18(21)13-6-4-3-5-7-13/h3-10,17,20H,2,11-12H2,1H3. The Morgan fingerprint density at radius 3 is 2.57 bits per heavy atom. The molecule has 1 atom stereocenters. The summed E-state index contributed by atoms with van der Waals surface area (Å²) in [6.07, 6.45) is 0.278. The second-order valence-electron chi connectivity index (χ2n) is 5.48. The van der Waals surface area contributed by atoms with Gasteiger partial charge >= 0.3 is 0 Å². The van der Waals surface area contributed by atoms with E-state index in [1.165, 1.54) is 5.56 Å². The van der Waals surface area contributed by atoms with Gasteiger partial charge in [-0.15, -0.1) is 0 Å². The number of carbonyl (C=O) groups is 1. The molecule has 3 nitrogen and oxygen atoms in total. The third kappa shape index (κ3) is 2.69. The Morgan fingerprint density at radius 2 is 1.86 bits per heavy atom. The summed E-state index contributed by atoms with van der Waals surface area (Å²) in [5, 5.41) is 9.93. The van der Waals surface area contributed by atoms with Crippen LogP contribution in [0.4, 0.5) is 0 Å². The highest BCUT2D eigenvalue weighted by Gasteiger charge is 2.24. The second-order valence-corrected chi connectivity index (χ2v) is 5.48. The average molecular weight is 281 g/mol. The molecular weight excluding hydrogens is 262 g/mol. The Labute approximate surface area is 124 Å². The molecule has 1 amide bonds. The van der Waals surface area contributed by atoms with Crippen molar-refractivity contribution in [3.8, 4) is 0 Å². The van der Waals surface area contributed by atoms with Crippen molar-refractivity contribution in [1.82, 2.24) is 4.90 Å². The van der Waals surface area contributed by atoms with Crippen molar-refractivity contribution in [1.29, 1.82) is 0 Å². The fraction of sp³-hybridized carbons (Fsp3) is 0.278. The van der Waals surface area contributed by atoms with Gasteiger partial charge in [-0.1, -0.05) is 43.3 Å². The van der Waals surface area contributed by atoms with E-state index in [0.717, 1.165) is 16.7 Å². The molecule has 2 aromatic rings. The summed E-state index contributed by atoms with van der Waals surface area (Å²) in [5.74, 6) is 0.0596. The number of aliphatic hydroxyl groups excluding tert-OH is 1. The van der Waals surface area contributed by atoms with Gasteiger partial charge in [0.25, 0.3) is 5.91 Å². The van der Waals surface area contributed by atoms with E-state index in [1.807, 2.05) is 60.4 Å². The minimum Gasteiger partial charge on any atom is -0.388 e. The molecule has 1 aliphatic rings. The van der Waals surface area contributed by atoms with Gasteiger partial charge in [0.05, 0.1) is 6.10 Å². The van der Waals surface area contributed by atoms with Crippen LogP contribution >= 0.6 is 0 Å². The molecule has 2 aromatic carbocycles. The fourth-order valence-corrected chi connectivity index (χ4v) is 2.76. The molecule has 0 fully saturated rings. The van der Waals surface area contributed by atoms with Crippen LogP contribution in [0.2, 0.25) is 0 Å². The van der Waals surface area contributed by atoms with Crippen LogP contribution in [0.3, 0.4) is 0 Å². The van der Waals surface area contributed by atoms with Crippen molar-refractivity contribution >= 4 is 5.91 Å². The average Bonchev–Trinajstić information content (AvgIpc) is 2.97. The summed E-state index contributed by atoms with van der Waals surface area (Å²) in [5.41, 5.74) is 3.97. The Balaban J connectivity index is 1.80. The van der Waals surface area contributed by atoms with E-state index in [0.29, 0.717) is 19.5 Å². The van der Waals surface area contributed by atoms with Crippen molar-refractivity contribution in [2.24, 2.45) is 0 Å². The quantitative estimate of drug-likeness (QED) is 0.938. The van der Waals surface area contributed by atoms with Crippen molar-refractivity contribution in [3.63, 3.8) is 0 Å². The monoisotopic (exact) mass is 281 g/mol. The maximum Gasteiger partial charge on any atom is 0.254 e. The number of hydrogen-bond donors (Lipinski definition) is 1. The zero-order chi connectivity index (χ0) is 14.8. The Morgan fingerprint density at radius 1 is 1.14 bits per heavy atom. The van der Waals surface area contributed by atoms with Gasteiger partial charge in [-0.3, -0.25) is 4.79 Å². The highest BCUT2D eigenvalue weighted by Crippen LogP contribution is 2.28. The van der Waals surface area contributed by atoms with Crippen LogP contribution in [-0.2, 0) is 13.1 Å². The Kier molecular flexibility index (Phi) is 3.76. The normalized spacial score (nSPS) is 14.9. The molecule has 0 aliphatic carbocycles. The van der Waals surface area contributed by atoms with Crippen LogP contribution in [0.25, 0.3) is 0 Å². The maximum atomic E-state index is 12.5. The molecule has 1 unspecified atom stereocenters. The lowest BCUT2D eigenvalue weighted by atomic mass is 10.0. The van der Waals surface area contributed by atoms with Gasteiger partial charge in [-0.05, 0) is 35.2 Å². The molecule has 0 radical (unpaired) electrons. The molecule has 0 bridgehead atoms. The molecule has 1 N–H and O–H groups in total. The topological polar surface area (TPSA) is 40.5 Å². The lowest BCUT2D eigenvalue weighted by molar-refractivity contribution is 0.0751. The lowest BCUT2D eigenvalue weighted by Crippen LogP contribution is -2.25. The first-order valence-electron chi connectivity index (χ1n) is 7.33. The number of hydrogen-bond acceptors (Lipinski definition) is 2. The molecule has 0 spiro atoms. The zero-order valence-corrected chi connectivity index (χ0v) is 12.1. The largest absolute Gasteiger partial charge is 0.388 e. The number of rotatable bonds is 3. The minimum absolute atomic E-state index is 0.0596. The van der Waals surface area contributed by atoms with Gasteiger partial charge in [0.15, 0.2) is 0 Å². The summed E-state index contributed by atoms with van der Waals surface area (Å²) in [7, 11) is 0. The molecule has 108 valence electrons. The summed E-state index contributed by atoms with van der Waals surface area (Å²) in [6, 6.07) is 15.4. The molecule has 1 aliphatic heterocycles. The number of carbonyl (C=O) groups excluding carboxylic acids is 1. The second kappa shape index (κ2) is 5.70. The predicted octanol–water partition coefficient (Wildman–Crippen LogP) is 3.29. The Hall–Kier alpha value is -2.13. The molecule has 3 heteroatoms. The van der Waals surface area contributed by atoms with Crippen LogP contribution in [-0.4, -0.2) is 15.9 Å². The van der Waals surface area contributed by atoms with E-state index in [2.05, 4.69) is 0 Å². The van der Waals surface area contributed by atoms with E-state index in [9.17, 15) is 9.90 Å². The first-order chi connectivity index (χ1) is 10.2. The third-order valence-corrected chi connectivity index (χ3v) is 4.03. The lowest BCUT2D eigenvalue weighted by Gasteiger charge is -2.15. The minimum atomic E-state index is -0.422. The molecule has 21 heavy (non-hydrogen) atoms. The SMILES string of the molecule is CCC(O)c1ccc2c(c1)CN(C(=O)c1ccccc1)C2. The number of fused-ring (bicyclic) bond motifs is 1. The zero-order valence-electron chi connectivity index (χ0n) is 12.1. The number of nitrogens with zero attached hydrogens (tertiary/aromatic N) is 1. The summed E-state index contributed by atoms with van der Waals surface area (Å²) in [4.78, 5) is 14.3. The van der Waals surface area contributed by atoms with E-state index in [-0.39, 0.29) is 5.91 Å². The van der Waals surface area contributed by atoms with Crippen LogP contribution in [0.5, 0.6) is 0 Å². The fourth-order valence-electron chi connectivity index (χ4n) is 2.76. The first kappa shape index (κ1) is 13.8. The molecule has 3 rings (SSSR count). The van der Waals surface area contributed by atoms with E-state index in [1.54, 1.807) is 0 Å². The third-order valence-electron chi connectivity index (χ3n) is 4.03. The van der Waals surface area contributed by atoms with E-state index in [4.69, 9.17) is 0 Å². The first-order valence-corrected chi connectivity index (χ1v) is 7.33. The molecular formula is C18H19NO2. The Bertz CT molecular complexity index is 652. The summed E-state index contributed by atoms with van der Waals surface area (Å²) < 4.78 is 0. The van der Waals surface area contributed by atoms with Gasteiger partial charge in [-0.2, -0.15) is 0 Å². The van der Waals surface area contributed by atoms with Crippen molar-refractivity contribution < 1.29 is 9.90 Å². The highest BCUT2D eigenvalue weighted by atomic mass is 16.3. The van der Waals surface area contributed by atoms with Gasteiger partial charge in [0, 0.05) is 18.7 Å². The van der Waals surface area contributed by atoms with Gasteiger partial charge in [0.2, 0.25) is 0 Å². The maximum absolute atomic E-state index is 12.5. The molecule has 0 saturated carbocycles. The van der Waals surface area contributed by atoms with Gasteiger partial charge in [-0.25, -0.2) is 0 Å². The van der Waals surface area contributed by atoms with E-state index >= 15 is 0 Å². The summed E-state index contributed by atoms with van der Waals surface area (Å²) >= 11 is 0. The van der Waals surface area contributed by atoms with Crippen molar-refractivity contribution in [3.05, 3.63) is 70.8 Å². The molecule has 1 heterocycles. The predicted molar refractivity (Wildman–Crippen MR) is 81.7 cm³/mol. The number of benzene rings is 2. The van der Waals surface area contributed by atoms with E-state index < -0.39 is 6.10 Å². The van der Waals surface area contributed by atoms with Crippen molar-refractivity contribution in [2.75, 3.05) is 0 Å². The van der Waals surface area contributed by atoms with Crippen LogP contribution in [0.1, 0.15) is 46.5 Å². The van der Waals surface area contributed by atoms with Crippen LogP contribution < -0.4 is 0 Å². The van der Waals surface area contributed by atoms with Crippen molar-refractivity contribution in [2.45, 2.75) is 32.5 Å². The number of aliphatic hydroxyl groups is 1. The number of amides is 1. The smallest absolute Gasteiger partial charge is 0.254 e. The van der Waals surface area contributed by atoms with Crippen LogP contribution in [0, 0.1) is 0 Å². The summed E-state index contributed by atoms with van der Waals surface area (Å²) in [6.45, 7) is 3.22. The van der Waals surface area contributed by atoms with Crippen LogP contribution in [0.15, 0.2) is 48.5 Å². The highest BCUT2D eigenvalue weighted by molar-refractivity contribution is 5.94. The molecule has 0 saturated heterocycles. The van der Waals surface area contributed by atoms with Gasteiger partial charge < -0.3 is 10.0 Å². The van der Waals surface area contributed by atoms with Gasteiger partial charge in [0.1, 0.15) is 0 Å². The molecule has 0 aromatic heterocycles.